The summed E-state index contributed by atoms with van der Waals surface area (Å²) >= 11 is 0. The molecule has 6 nitrogen and oxygen atoms in total. The molecule has 0 saturated carbocycles. The van der Waals surface area contributed by atoms with E-state index in [-0.39, 0.29) is 12.5 Å². The molecule has 0 fully saturated rings. The van der Waals surface area contributed by atoms with Gasteiger partial charge in [-0.25, -0.2) is 0 Å². The zero-order valence-corrected chi connectivity index (χ0v) is 11.7. The molecular formula is C14H17N3O3. The van der Waals surface area contributed by atoms with E-state index in [1.807, 2.05) is 25.1 Å². The van der Waals surface area contributed by atoms with E-state index in [4.69, 9.17) is 9.26 Å². The van der Waals surface area contributed by atoms with Crippen LogP contribution in [0.1, 0.15) is 11.3 Å². The van der Waals surface area contributed by atoms with Crippen molar-refractivity contribution in [3.8, 4) is 5.75 Å². The Bertz CT molecular complexity index is 607. The van der Waals surface area contributed by atoms with Crippen molar-refractivity contribution in [2.75, 3.05) is 24.3 Å². The van der Waals surface area contributed by atoms with Crippen LogP contribution in [0.25, 0.3) is 0 Å². The molecule has 1 heterocycles. The topological polar surface area (TPSA) is 76.4 Å². The Morgan fingerprint density at radius 2 is 2.15 bits per heavy atom. The maximum atomic E-state index is 11.9. The van der Waals surface area contributed by atoms with Crippen LogP contribution in [-0.4, -0.2) is 24.7 Å². The molecule has 2 rings (SSSR count). The monoisotopic (exact) mass is 275 g/mol. The maximum absolute atomic E-state index is 11.9. The van der Waals surface area contributed by atoms with Crippen molar-refractivity contribution < 1.29 is 14.1 Å². The molecule has 1 amide bonds. The molecule has 0 unspecified atom stereocenters. The van der Waals surface area contributed by atoms with Gasteiger partial charge in [0.05, 0.1) is 19.3 Å². The van der Waals surface area contributed by atoms with Crippen molar-refractivity contribution in [3.05, 3.63) is 35.6 Å². The van der Waals surface area contributed by atoms with Gasteiger partial charge in [-0.3, -0.25) is 4.79 Å². The van der Waals surface area contributed by atoms with Gasteiger partial charge in [0, 0.05) is 6.07 Å². The third kappa shape index (κ3) is 3.50. The van der Waals surface area contributed by atoms with Crippen molar-refractivity contribution in [1.82, 2.24) is 5.16 Å². The lowest BCUT2D eigenvalue weighted by Crippen LogP contribution is -2.22. The first-order chi connectivity index (χ1) is 9.58. The third-order valence-electron chi connectivity index (χ3n) is 2.69. The highest BCUT2D eigenvalue weighted by atomic mass is 16.5. The summed E-state index contributed by atoms with van der Waals surface area (Å²) in [4.78, 5) is 11.9. The highest BCUT2D eigenvalue weighted by Gasteiger charge is 2.08. The number of nitrogens with one attached hydrogen (secondary N) is 2. The fourth-order valence-electron chi connectivity index (χ4n) is 1.73. The van der Waals surface area contributed by atoms with Crippen molar-refractivity contribution >= 4 is 17.4 Å². The summed E-state index contributed by atoms with van der Waals surface area (Å²) in [5.74, 6) is 1.66. The molecule has 0 aliphatic rings. The smallest absolute Gasteiger partial charge is 0.243 e. The first-order valence-corrected chi connectivity index (χ1v) is 6.20. The fourth-order valence-corrected chi connectivity index (χ4v) is 1.73. The molecule has 0 aliphatic carbocycles. The minimum absolute atomic E-state index is 0.100. The van der Waals surface area contributed by atoms with Crippen molar-refractivity contribution in [2.24, 2.45) is 0 Å². The predicted octanol–water partition coefficient (Wildman–Crippen LogP) is 2.35. The van der Waals surface area contributed by atoms with E-state index in [0.717, 1.165) is 5.56 Å². The van der Waals surface area contributed by atoms with E-state index in [1.54, 1.807) is 20.1 Å². The first-order valence-electron chi connectivity index (χ1n) is 6.20. The molecule has 0 bridgehead atoms. The molecule has 0 atom stereocenters. The van der Waals surface area contributed by atoms with Crippen molar-refractivity contribution in [3.63, 3.8) is 0 Å². The van der Waals surface area contributed by atoms with Crippen LogP contribution >= 0.6 is 0 Å². The molecule has 0 saturated heterocycles. The number of nitrogens with zero attached hydrogens (tertiary/aromatic N) is 1. The minimum atomic E-state index is -0.186. The second-order valence-electron chi connectivity index (χ2n) is 4.43. The van der Waals surface area contributed by atoms with Crippen LogP contribution in [-0.2, 0) is 4.79 Å². The van der Waals surface area contributed by atoms with E-state index in [0.29, 0.717) is 23.0 Å². The summed E-state index contributed by atoms with van der Waals surface area (Å²) in [6.45, 7) is 3.84. The van der Waals surface area contributed by atoms with Gasteiger partial charge >= 0.3 is 0 Å². The van der Waals surface area contributed by atoms with Gasteiger partial charge in [-0.15, -0.1) is 0 Å². The Morgan fingerprint density at radius 3 is 2.80 bits per heavy atom. The number of anilines is 2. The number of aromatic nitrogens is 1. The van der Waals surface area contributed by atoms with Crippen LogP contribution < -0.4 is 15.4 Å². The van der Waals surface area contributed by atoms with Gasteiger partial charge < -0.3 is 19.9 Å². The Morgan fingerprint density at radius 1 is 1.35 bits per heavy atom. The Balaban J connectivity index is 1.96. The van der Waals surface area contributed by atoms with Gasteiger partial charge in [-0.05, 0) is 31.5 Å². The Kier molecular flexibility index (Phi) is 4.24. The molecule has 2 N–H and O–H groups in total. The standard InChI is InChI=1S/C14H17N3O3/c1-9-4-5-12(19-3)11(6-9)16-14(18)8-15-13-7-10(2)20-17-13/h4-7H,8H2,1-3H3,(H,15,17)(H,16,18). The molecular weight excluding hydrogens is 258 g/mol. The van der Waals surface area contributed by atoms with Crippen LogP contribution in [0.3, 0.4) is 0 Å². The van der Waals surface area contributed by atoms with Gasteiger partial charge in [0.15, 0.2) is 5.82 Å². The number of benzene rings is 1. The number of amides is 1. The lowest BCUT2D eigenvalue weighted by molar-refractivity contribution is -0.114. The number of carbonyl (C=O) groups excluding carboxylic acids is 1. The SMILES string of the molecule is COc1ccc(C)cc1NC(=O)CNc1cc(C)on1. The van der Waals surface area contributed by atoms with Crippen LogP contribution in [0.4, 0.5) is 11.5 Å². The molecule has 0 aliphatic heterocycles. The molecule has 20 heavy (non-hydrogen) atoms. The quantitative estimate of drug-likeness (QED) is 0.876. The van der Waals surface area contributed by atoms with Crippen LogP contribution in [0, 0.1) is 13.8 Å². The summed E-state index contributed by atoms with van der Waals surface area (Å²) in [5, 5.41) is 9.43. The second-order valence-corrected chi connectivity index (χ2v) is 4.43. The number of ether oxygens (including phenoxy) is 1. The van der Waals surface area contributed by atoms with Gasteiger partial charge in [0.1, 0.15) is 11.5 Å². The molecule has 6 heteroatoms. The second kappa shape index (κ2) is 6.10. The van der Waals surface area contributed by atoms with Gasteiger partial charge in [-0.2, -0.15) is 0 Å². The highest BCUT2D eigenvalue weighted by Crippen LogP contribution is 2.25. The Hall–Kier alpha value is -2.50. The zero-order valence-electron chi connectivity index (χ0n) is 11.7. The van der Waals surface area contributed by atoms with Crippen LogP contribution in [0.2, 0.25) is 0 Å². The van der Waals surface area contributed by atoms with Gasteiger partial charge in [-0.1, -0.05) is 11.2 Å². The molecule has 1 aromatic carbocycles. The lowest BCUT2D eigenvalue weighted by atomic mass is 10.2. The van der Waals surface area contributed by atoms with Gasteiger partial charge in [0.25, 0.3) is 0 Å². The third-order valence-corrected chi connectivity index (χ3v) is 2.69. The largest absolute Gasteiger partial charge is 0.495 e. The van der Waals surface area contributed by atoms with E-state index < -0.39 is 0 Å². The molecule has 0 radical (unpaired) electrons. The number of carbonyl (C=O) groups is 1. The number of methoxy groups -OCH3 is 1. The first kappa shape index (κ1) is 13.9. The molecule has 0 spiro atoms. The summed E-state index contributed by atoms with van der Waals surface area (Å²) in [7, 11) is 1.57. The minimum Gasteiger partial charge on any atom is -0.495 e. The van der Waals surface area contributed by atoms with E-state index in [9.17, 15) is 4.79 Å². The zero-order chi connectivity index (χ0) is 14.5. The summed E-state index contributed by atoms with van der Waals surface area (Å²) < 4.78 is 10.1. The highest BCUT2D eigenvalue weighted by molar-refractivity contribution is 5.95. The number of aryl methyl sites for hydroxylation is 2. The summed E-state index contributed by atoms with van der Waals surface area (Å²) in [6.07, 6.45) is 0. The van der Waals surface area contributed by atoms with Gasteiger partial charge in [0.2, 0.25) is 5.91 Å². The predicted molar refractivity (Wildman–Crippen MR) is 76.1 cm³/mol. The fraction of sp³-hybridized carbons (Fsp3) is 0.286. The average Bonchev–Trinajstić information content (AvgIpc) is 2.83. The molecule has 106 valence electrons. The lowest BCUT2D eigenvalue weighted by Gasteiger charge is -2.11. The van der Waals surface area contributed by atoms with Crippen molar-refractivity contribution in [1.29, 1.82) is 0 Å². The van der Waals surface area contributed by atoms with E-state index in [2.05, 4.69) is 15.8 Å². The molecule has 2 aromatic rings. The van der Waals surface area contributed by atoms with E-state index >= 15 is 0 Å². The summed E-state index contributed by atoms with van der Waals surface area (Å²) in [5.41, 5.74) is 1.69. The number of hydrogen-bond donors (Lipinski definition) is 2. The van der Waals surface area contributed by atoms with Crippen LogP contribution in [0.5, 0.6) is 5.75 Å². The number of hydrogen-bond acceptors (Lipinski definition) is 5. The maximum Gasteiger partial charge on any atom is 0.243 e. The number of rotatable bonds is 5. The normalized spacial score (nSPS) is 10.2. The average molecular weight is 275 g/mol. The van der Waals surface area contributed by atoms with Crippen LogP contribution in [0.15, 0.2) is 28.8 Å². The van der Waals surface area contributed by atoms with E-state index in [1.165, 1.54) is 0 Å². The summed E-state index contributed by atoms with van der Waals surface area (Å²) in [6, 6.07) is 7.32. The molecule has 1 aromatic heterocycles. The van der Waals surface area contributed by atoms with Crippen molar-refractivity contribution in [2.45, 2.75) is 13.8 Å². The Labute approximate surface area is 117 Å².